The smallest absolute Gasteiger partial charge is 0.261 e. The number of carbonyl (C=O) groups excluding carboxylic acids is 2. The maximum absolute atomic E-state index is 13.0. The summed E-state index contributed by atoms with van der Waals surface area (Å²) >= 11 is 6.11. The van der Waals surface area contributed by atoms with E-state index in [2.05, 4.69) is 10.0 Å². The molecule has 0 saturated heterocycles. The van der Waals surface area contributed by atoms with Crippen LogP contribution in [0.5, 0.6) is 0 Å². The number of halogens is 1. The molecule has 4 aromatic carbocycles. The van der Waals surface area contributed by atoms with Crippen molar-refractivity contribution in [3.63, 3.8) is 0 Å². The minimum absolute atomic E-state index is 0.114. The van der Waals surface area contributed by atoms with Gasteiger partial charge >= 0.3 is 0 Å². The predicted molar refractivity (Wildman–Crippen MR) is 138 cm³/mol. The van der Waals surface area contributed by atoms with E-state index >= 15 is 0 Å². The number of hydrogen-bond donors (Lipinski definition) is 2. The van der Waals surface area contributed by atoms with E-state index < -0.39 is 15.9 Å². The minimum Gasteiger partial charge on any atom is -0.321 e. The first kappa shape index (κ1) is 24.2. The van der Waals surface area contributed by atoms with Crippen LogP contribution in [0, 0.1) is 6.92 Å². The van der Waals surface area contributed by atoms with Crippen LogP contribution in [-0.2, 0) is 10.0 Å². The summed E-state index contributed by atoms with van der Waals surface area (Å²) in [6.07, 6.45) is 0. The molecule has 0 aliphatic rings. The minimum atomic E-state index is -3.83. The molecular formula is C27H21ClN2O4S. The summed E-state index contributed by atoms with van der Waals surface area (Å²) < 4.78 is 27.9. The molecule has 8 heteroatoms. The summed E-state index contributed by atoms with van der Waals surface area (Å²) in [5.74, 6) is -0.797. The first-order chi connectivity index (χ1) is 16.7. The molecule has 0 bridgehead atoms. The van der Waals surface area contributed by atoms with Gasteiger partial charge < -0.3 is 5.32 Å². The number of amides is 1. The van der Waals surface area contributed by atoms with E-state index in [1.54, 1.807) is 72.8 Å². The van der Waals surface area contributed by atoms with Gasteiger partial charge in [0.05, 0.1) is 10.6 Å². The average molecular weight is 505 g/mol. The Labute approximate surface area is 208 Å². The second-order valence-corrected chi connectivity index (χ2v) is 9.96. The molecule has 6 nitrogen and oxygen atoms in total. The topological polar surface area (TPSA) is 92.3 Å². The SMILES string of the molecule is Cc1ccc(S(=O)(=O)Nc2cccc(C(=O)Nc3ccc(Cl)cc3C(=O)c3ccccc3)c2)cc1. The molecule has 0 heterocycles. The second kappa shape index (κ2) is 10.1. The van der Waals surface area contributed by atoms with Crippen LogP contribution in [0.3, 0.4) is 0 Å². The molecule has 0 aromatic heterocycles. The Morgan fingerprint density at radius 3 is 2.17 bits per heavy atom. The Morgan fingerprint density at radius 1 is 0.771 bits per heavy atom. The molecular weight excluding hydrogens is 484 g/mol. The van der Waals surface area contributed by atoms with Crippen LogP contribution in [0.25, 0.3) is 0 Å². The molecule has 0 saturated carbocycles. The van der Waals surface area contributed by atoms with Gasteiger partial charge in [0.2, 0.25) is 0 Å². The standard InChI is InChI=1S/C27H21ClN2O4S/c1-18-10-13-23(14-11-18)35(33,34)30-22-9-5-8-20(16-22)27(32)29-25-15-12-21(28)17-24(25)26(31)19-6-3-2-4-7-19/h2-17,30H,1H3,(H,29,32). The van der Waals surface area contributed by atoms with Gasteiger partial charge in [-0.05, 0) is 55.5 Å². The number of sulfonamides is 1. The van der Waals surface area contributed by atoms with Crippen molar-refractivity contribution >= 4 is 44.7 Å². The fourth-order valence-electron chi connectivity index (χ4n) is 3.41. The van der Waals surface area contributed by atoms with Gasteiger partial charge in [-0.3, -0.25) is 14.3 Å². The number of aryl methyl sites for hydroxylation is 1. The summed E-state index contributed by atoms with van der Waals surface area (Å²) in [6, 6.07) is 25.8. The van der Waals surface area contributed by atoms with Gasteiger partial charge in [0.15, 0.2) is 5.78 Å². The molecule has 4 aromatic rings. The number of ketones is 1. The lowest BCUT2D eigenvalue weighted by molar-refractivity contribution is 0.102. The van der Waals surface area contributed by atoms with E-state index in [4.69, 9.17) is 11.6 Å². The molecule has 0 radical (unpaired) electrons. The first-order valence-electron chi connectivity index (χ1n) is 10.6. The summed E-state index contributed by atoms with van der Waals surface area (Å²) in [7, 11) is -3.83. The fourth-order valence-corrected chi connectivity index (χ4v) is 4.63. The van der Waals surface area contributed by atoms with E-state index in [-0.39, 0.29) is 27.5 Å². The highest BCUT2D eigenvalue weighted by Crippen LogP contribution is 2.25. The molecule has 35 heavy (non-hydrogen) atoms. The number of rotatable bonds is 7. The quantitative estimate of drug-likeness (QED) is 0.305. The molecule has 176 valence electrons. The van der Waals surface area contributed by atoms with Crippen LogP contribution < -0.4 is 10.0 Å². The van der Waals surface area contributed by atoms with Gasteiger partial charge in [0.25, 0.3) is 15.9 Å². The Bertz CT molecular complexity index is 1500. The molecule has 4 rings (SSSR count). The Hall–Kier alpha value is -3.94. The van der Waals surface area contributed by atoms with Crippen molar-refractivity contribution in [1.29, 1.82) is 0 Å². The molecule has 2 N–H and O–H groups in total. The Kier molecular flexibility index (Phi) is 7.00. The van der Waals surface area contributed by atoms with Crippen molar-refractivity contribution < 1.29 is 18.0 Å². The highest BCUT2D eigenvalue weighted by molar-refractivity contribution is 7.92. The van der Waals surface area contributed by atoms with Gasteiger partial charge in [-0.1, -0.05) is 65.7 Å². The van der Waals surface area contributed by atoms with Crippen molar-refractivity contribution in [2.45, 2.75) is 11.8 Å². The molecule has 0 unspecified atom stereocenters. The van der Waals surface area contributed by atoms with E-state index in [1.165, 1.54) is 24.3 Å². The van der Waals surface area contributed by atoms with E-state index in [0.717, 1.165) is 5.56 Å². The third kappa shape index (κ3) is 5.77. The van der Waals surface area contributed by atoms with Crippen LogP contribution in [0.2, 0.25) is 5.02 Å². The maximum Gasteiger partial charge on any atom is 0.261 e. The van der Waals surface area contributed by atoms with Crippen molar-refractivity contribution in [2.75, 3.05) is 10.0 Å². The Balaban J connectivity index is 1.57. The zero-order valence-electron chi connectivity index (χ0n) is 18.7. The number of nitrogens with one attached hydrogen (secondary N) is 2. The van der Waals surface area contributed by atoms with Gasteiger partial charge in [0, 0.05) is 27.4 Å². The van der Waals surface area contributed by atoms with Crippen molar-refractivity contribution in [3.05, 3.63) is 124 Å². The molecule has 1 amide bonds. The molecule has 0 fully saturated rings. The number of benzene rings is 4. The zero-order chi connectivity index (χ0) is 25.0. The van der Waals surface area contributed by atoms with E-state index in [0.29, 0.717) is 16.3 Å². The zero-order valence-corrected chi connectivity index (χ0v) is 20.2. The third-order valence-corrected chi connectivity index (χ3v) is 6.85. The van der Waals surface area contributed by atoms with Gasteiger partial charge in [0.1, 0.15) is 0 Å². The number of anilines is 2. The average Bonchev–Trinajstić information content (AvgIpc) is 2.85. The summed E-state index contributed by atoms with van der Waals surface area (Å²) in [5.41, 5.74) is 2.37. The fraction of sp³-hybridized carbons (Fsp3) is 0.0370. The highest BCUT2D eigenvalue weighted by Gasteiger charge is 2.18. The number of hydrogen-bond acceptors (Lipinski definition) is 4. The predicted octanol–water partition coefficient (Wildman–Crippen LogP) is 5.93. The lowest BCUT2D eigenvalue weighted by atomic mass is 10.0. The van der Waals surface area contributed by atoms with Gasteiger partial charge in [-0.2, -0.15) is 0 Å². The molecule has 0 aliphatic heterocycles. The number of carbonyl (C=O) groups is 2. The summed E-state index contributed by atoms with van der Waals surface area (Å²) in [4.78, 5) is 26.1. The van der Waals surface area contributed by atoms with Crippen molar-refractivity contribution in [1.82, 2.24) is 0 Å². The normalized spacial score (nSPS) is 11.0. The first-order valence-corrected chi connectivity index (χ1v) is 12.5. The van der Waals surface area contributed by atoms with Crippen LogP contribution in [0.15, 0.2) is 102 Å². The summed E-state index contributed by atoms with van der Waals surface area (Å²) in [5, 5.41) is 3.09. The Morgan fingerprint density at radius 2 is 1.46 bits per heavy atom. The molecule has 0 aliphatic carbocycles. The lowest BCUT2D eigenvalue weighted by Crippen LogP contribution is -2.16. The lowest BCUT2D eigenvalue weighted by Gasteiger charge is -2.13. The van der Waals surface area contributed by atoms with Gasteiger partial charge in [-0.25, -0.2) is 8.42 Å². The van der Waals surface area contributed by atoms with Gasteiger partial charge in [-0.15, -0.1) is 0 Å². The second-order valence-electron chi connectivity index (χ2n) is 7.84. The van der Waals surface area contributed by atoms with Crippen LogP contribution in [0.4, 0.5) is 11.4 Å². The van der Waals surface area contributed by atoms with Crippen LogP contribution in [-0.4, -0.2) is 20.1 Å². The third-order valence-electron chi connectivity index (χ3n) is 5.22. The van der Waals surface area contributed by atoms with Crippen molar-refractivity contribution in [2.24, 2.45) is 0 Å². The molecule has 0 atom stereocenters. The molecule has 0 spiro atoms. The highest BCUT2D eigenvalue weighted by atomic mass is 35.5. The maximum atomic E-state index is 13.0. The van der Waals surface area contributed by atoms with Crippen LogP contribution in [0.1, 0.15) is 31.8 Å². The van der Waals surface area contributed by atoms with E-state index in [9.17, 15) is 18.0 Å². The van der Waals surface area contributed by atoms with Crippen LogP contribution >= 0.6 is 11.6 Å². The monoisotopic (exact) mass is 504 g/mol. The van der Waals surface area contributed by atoms with Crippen molar-refractivity contribution in [3.8, 4) is 0 Å². The largest absolute Gasteiger partial charge is 0.321 e. The van der Waals surface area contributed by atoms with E-state index in [1.807, 2.05) is 6.92 Å². The summed E-state index contributed by atoms with van der Waals surface area (Å²) in [6.45, 7) is 1.87.